The van der Waals surface area contributed by atoms with Gasteiger partial charge in [-0.25, -0.2) is 4.79 Å². The van der Waals surface area contributed by atoms with Gasteiger partial charge in [-0.1, -0.05) is 0 Å². The topological polar surface area (TPSA) is 136 Å². The van der Waals surface area contributed by atoms with Crippen LogP contribution in [0.3, 0.4) is 0 Å². The van der Waals surface area contributed by atoms with Crippen LogP contribution in [0.4, 0.5) is 16.2 Å². The third-order valence-corrected chi connectivity index (χ3v) is 5.84. The number of aromatic nitrogens is 4. The van der Waals surface area contributed by atoms with Crippen LogP contribution in [0.5, 0.6) is 23.0 Å². The molecule has 2 aromatic heterocycles. The van der Waals surface area contributed by atoms with Crippen molar-refractivity contribution in [2.75, 3.05) is 24.4 Å². The van der Waals surface area contributed by atoms with Crippen LogP contribution in [0.25, 0.3) is 10.9 Å². The van der Waals surface area contributed by atoms with E-state index in [-0.39, 0.29) is 6.03 Å². The SMILES string of the molecule is COc1ccc(NC(=O)Nc2ccc(Oc3ccnc4cc(OCCCn5nccn5)c(C#N)cc34)cc2)cc1. The summed E-state index contributed by atoms with van der Waals surface area (Å²) in [6.45, 7) is 1.01. The minimum Gasteiger partial charge on any atom is -0.497 e. The highest BCUT2D eigenvalue weighted by molar-refractivity contribution is 5.99. The quantitative estimate of drug-likeness (QED) is 0.220. The van der Waals surface area contributed by atoms with Crippen molar-refractivity contribution in [3.8, 4) is 29.1 Å². The Morgan fingerprint density at radius 1 is 0.900 bits per heavy atom. The Bertz CT molecular complexity index is 1630. The molecule has 0 spiro atoms. The fourth-order valence-corrected chi connectivity index (χ4v) is 3.89. The summed E-state index contributed by atoms with van der Waals surface area (Å²) in [6, 6.07) is 21.0. The summed E-state index contributed by atoms with van der Waals surface area (Å²) in [4.78, 5) is 18.4. The molecule has 0 atom stereocenters. The van der Waals surface area contributed by atoms with E-state index in [1.807, 2.05) is 0 Å². The van der Waals surface area contributed by atoms with E-state index >= 15 is 0 Å². The number of rotatable bonds is 10. The normalized spacial score (nSPS) is 10.5. The minimum absolute atomic E-state index is 0.376. The smallest absolute Gasteiger partial charge is 0.323 e. The molecule has 0 aliphatic rings. The highest BCUT2D eigenvalue weighted by Gasteiger charge is 2.12. The lowest BCUT2D eigenvalue weighted by Crippen LogP contribution is -2.19. The van der Waals surface area contributed by atoms with Gasteiger partial charge in [0.25, 0.3) is 0 Å². The van der Waals surface area contributed by atoms with Crippen LogP contribution >= 0.6 is 0 Å². The number of nitrogens with one attached hydrogen (secondary N) is 2. The third kappa shape index (κ3) is 6.43. The average Bonchev–Trinajstić information content (AvgIpc) is 3.50. The maximum Gasteiger partial charge on any atom is 0.323 e. The van der Waals surface area contributed by atoms with Crippen LogP contribution in [-0.2, 0) is 6.54 Å². The summed E-state index contributed by atoms with van der Waals surface area (Å²) in [5.41, 5.74) is 2.24. The second kappa shape index (κ2) is 12.3. The third-order valence-electron chi connectivity index (χ3n) is 5.84. The number of aryl methyl sites for hydroxylation is 1. The summed E-state index contributed by atoms with van der Waals surface area (Å²) in [7, 11) is 1.58. The predicted molar refractivity (Wildman–Crippen MR) is 149 cm³/mol. The molecule has 0 bridgehead atoms. The van der Waals surface area contributed by atoms with Crippen LogP contribution in [0.15, 0.2) is 85.3 Å². The molecule has 2 amide bonds. The Hall–Kier alpha value is -5.63. The Labute approximate surface area is 229 Å². The molecule has 2 N–H and O–H groups in total. The molecule has 0 aliphatic carbocycles. The Morgan fingerprint density at radius 3 is 2.23 bits per heavy atom. The van der Waals surface area contributed by atoms with Crippen LogP contribution in [-0.4, -0.2) is 39.7 Å². The monoisotopic (exact) mass is 535 g/mol. The number of nitrogens with zero attached hydrogens (tertiary/aromatic N) is 5. The first-order chi connectivity index (χ1) is 19.6. The van der Waals surface area contributed by atoms with Crippen molar-refractivity contribution >= 4 is 28.3 Å². The van der Waals surface area contributed by atoms with Gasteiger partial charge in [0.15, 0.2) is 0 Å². The first-order valence-electron chi connectivity index (χ1n) is 12.4. The predicted octanol–water partition coefficient (Wildman–Crippen LogP) is 5.61. The number of nitriles is 1. The number of anilines is 2. The van der Waals surface area contributed by atoms with Gasteiger partial charge < -0.3 is 24.8 Å². The fraction of sp³-hybridized carbons (Fsp3) is 0.138. The van der Waals surface area contributed by atoms with Crippen LogP contribution in [0, 0.1) is 11.3 Å². The molecule has 0 saturated heterocycles. The highest BCUT2D eigenvalue weighted by Crippen LogP contribution is 2.33. The van der Waals surface area contributed by atoms with E-state index in [0.29, 0.717) is 70.4 Å². The van der Waals surface area contributed by atoms with Crippen molar-refractivity contribution < 1.29 is 19.0 Å². The molecule has 0 aliphatic heterocycles. The van der Waals surface area contributed by atoms with Gasteiger partial charge in [-0.05, 0) is 60.7 Å². The Balaban J connectivity index is 1.22. The molecular formula is C29H25N7O4. The number of benzene rings is 3. The van der Waals surface area contributed by atoms with Crippen molar-refractivity contribution in [3.05, 3.63) is 90.9 Å². The number of hydrogen-bond acceptors (Lipinski definition) is 8. The van der Waals surface area contributed by atoms with Crippen LogP contribution in [0.2, 0.25) is 0 Å². The molecule has 0 fully saturated rings. The van der Waals surface area contributed by atoms with Crippen molar-refractivity contribution in [2.45, 2.75) is 13.0 Å². The number of amides is 2. The standard InChI is InChI=1S/C29H25N7O4/c1-38-23-7-3-21(4-8-23)34-29(37)35-22-5-9-24(10-6-22)40-27-11-12-31-26-18-28(20(19-30)17-25(26)27)39-16-2-15-36-32-13-14-33-36/h3-14,17-18H,2,15-16H2,1H3,(H2,34,35,37). The van der Waals surface area contributed by atoms with E-state index in [1.165, 1.54) is 0 Å². The molecule has 0 saturated carbocycles. The molecule has 11 nitrogen and oxygen atoms in total. The van der Waals surface area contributed by atoms with E-state index in [1.54, 1.807) is 97.2 Å². The van der Waals surface area contributed by atoms with Gasteiger partial charge >= 0.3 is 6.03 Å². The van der Waals surface area contributed by atoms with E-state index in [4.69, 9.17) is 14.2 Å². The maximum absolute atomic E-state index is 12.3. The Morgan fingerprint density at radius 2 is 1.57 bits per heavy atom. The van der Waals surface area contributed by atoms with Gasteiger partial charge in [-0.3, -0.25) is 4.98 Å². The van der Waals surface area contributed by atoms with E-state index in [9.17, 15) is 10.1 Å². The molecule has 5 rings (SSSR count). The first kappa shape index (κ1) is 26.0. The van der Waals surface area contributed by atoms with Gasteiger partial charge in [-0.2, -0.15) is 20.3 Å². The largest absolute Gasteiger partial charge is 0.497 e. The summed E-state index contributed by atoms with van der Waals surface area (Å²) in [5.74, 6) is 2.25. The van der Waals surface area contributed by atoms with E-state index < -0.39 is 0 Å². The number of pyridine rings is 1. The van der Waals surface area contributed by atoms with Crippen molar-refractivity contribution in [3.63, 3.8) is 0 Å². The zero-order chi connectivity index (χ0) is 27.7. The lowest BCUT2D eigenvalue weighted by molar-refractivity contribution is 0.262. The van der Waals surface area contributed by atoms with Gasteiger partial charge in [0.1, 0.15) is 29.1 Å². The minimum atomic E-state index is -0.376. The second-order valence-electron chi connectivity index (χ2n) is 8.55. The van der Waals surface area contributed by atoms with Gasteiger partial charge in [0.05, 0.1) is 43.7 Å². The van der Waals surface area contributed by atoms with E-state index in [0.717, 1.165) is 0 Å². The van der Waals surface area contributed by atoms with Crippen molar-refractivity contribution in [1.82, 2.24) is 20.0 Å². The number of carbonyl (C=O) groups is 1. The molecule has 3 aromatic carbocycles. The molecular weight excluding hydrogens is 510 g/mol. The number of urea groups is 1. The molecule has 40 heavy (non-hydrogen) atoms. The number of ether oxygens (including phenoxy) is 3. The first-order valence-corrected chi connectivity index (χ1v) is 12.4. The number of carbonyl (C=O) groups excluding carboxylic acids is 1. The second-order valence-corrected chi connectivity index (χ2v) is 8.55. The van der Waals surface area contributed by atoms with Crippen LogP contribution in [0.1, 0.15) is 12.0 Å². The molecule has 2 heterocycles. The molecule has 0 unspecified atom stereocenters. The van der Waals surface area contributed by atoms with Gasteiger partial charge in [0, 0.05) is 35.4 Å². The summed E-state index contributed by atoms with van der Waals surface area (Å²) >= 11 is 0. The van der Waals surface area contributed by atoms with Crippen molar-refractivity contribution in [1.29, 1.82) is 5.26 Å². The number of methoxy groups -OCH3 is 1. The van der Waals surface area contributed by atoms with Gasteiger partial charge in [0.2, 0.25) is 0 Å². The zero-order valence-corrected chi connectivity index (χ0v) is 21.6. The van der Waals surface area contributed by atoms with Crippen molar-refractivity contribution in [2.24, 2.45) is 0 Å². The summed E-state index contributed by atoms with van der Waals surface area (Å²) < 4.78 is 17.1. The van der Waals surface area contributed by atoms with Crippen LogP contribution < -0.4 is 24.8 Å². The molecule has 0 radical (unpaired) electrons. The summed E-state index contributed by atoms with van der Waals surface area (Å²) in [5, 5.41) is 24.1. The van der Waals surface area contributed by atoms with E-state index in [2.05, 4.69) is 31.9 Å². The fourth-order valence-electron chi connectivity index (χ4n) is 3.89. The maximum atomic E-state index is 12.3. The number of fused-ring (bicyclic) bond motifs is 1. The average molecular weight is 536 g/mol. The molecule has 11 heteroatoms. The Kier molecular flexibility index (Phi) is 7.98. The lowest BCUT2D eigenvalue weighted by atomic mass is 10.1. The molecule has 5 aromatic rings. The molecule has 200 valence electrons. The van der Waals surface area contributed by atoms with Gasteiger partial charge in [-0.15, -0.1) is 0 Å². The lowest BCUT2D eigenvalue weighted by Gasteiger charge is -2.13. The highest BCUT2D eigenvalue weighted by atomic mass is 16.5. The zero-order valence-electron chi connectivity index (χ0n) is 21.6. The number of hydrogen-bond donors (Lipinski definition) is 2. The summed E-state index contributed by atoms with van der Waals surface area (Å²) in [6.07, 6.45) is 5.56.